The van der Waals surface area contributed by atoms with E-state index in [9.17, 15) is 23.2 Å². The Kier molecular flexibility index (Phi) is 8.01. The smallest absolute Gasteiger partial charge is 0.419 e. The van der Waals surface area contributed by atoms with Crippen molar-refractivity contribution in [3.8, 4) is 0 Å². The monoisotopic (exact) mass is 529 g/mol. The minimum atomic E-state index is -1.13. The van der Waals surface area contributed by atoms with Crippen LogP contribution >= 0.6 is 0 Å². The number of carbonyl (C=O) groups excluding carboxylic acids is 3. The topological polar surface area (TPSA) is 88.2 Å². The number of hydrogen-bond donors (Lipinski definition) is 1. The Morgan fingerprint density at radius 3 is 2.39 bits per heavy atom. The largest absolute Gasteiger partial charge is 0.454 e. The molecule has 0 aliphatic carbocycles. The number of likely N-dealkylation sites (tertiary alicyclic amines) is 1. The van der Waals surface area contributed by atoms with Gasteiger partial charge in [-0.25, -0.2) is 23.3 Å². The molecule has 0 bridgehead atoms. The van der Waals surface area contributed by atoms with E-state index in [0.717, 1.165) is 35.7 Å². The van der Waals surface area contributed by atoms with E-state index in [0.29, 0.717) is 32.4 Å². The molecule has 0 radical (unpaired) electrons. The van der Waals surface area contributed by atoms with Crippen LogP contribution in [0.5, 0.6) is 0 Å². The molecule has 0 spiro atoms. The number of piperidine rings is 1. The summed E-state index contributed by atoms with van der Waals surface area (Å²) in [6.07, 6.45) is 1.10. The van der Waals surface area contributed by atoms with Crippen LogP contribution < -0.4 is 5.32 Å². The SMILES string of the molecule is CC(=O)OC1(c2ccccc2)CCN(CCCNC(=O)N2C(=O)OC(C)(C)C2c2ccc(F)c(F)c2)CC1. The average molecular weight is 530 g/mol. The Morgan fingerprint density at radius 1 is 1.08 bits per heavy atom. The number of benzene rings is 2. The van der Waals surface area contributed by atoms with Gasteiger partial charge in [-0.2, -0.15) is 0 Å². The van der Waals surface area contributed by atoms with E-state index in [1.165, 1.54) is 13.0 Å². The van der Waals surface area contributed by atoms with Crippen LogP contribution in [0.1, 0.15) is 57.2 Å². The van der Waals surface area contributed by atoms with E-state index in [1.54, 1.807) is 13.8 Å². The van der Waals surface area contributed by atoms with Gasteiger partial charge in [0.05, 0.1) is 0 Å². The number of rotatable bonds is 7. The Bertz CT molecular complexity index is 1180. The number of ether oxygens (including phenoxy) is 2. The zero-order valence-electron chi connectivity index (χ0n) is 21.8. The Morgan fingerprint density at radius 2 is 1.76 bits per heavy atom. The molecular weight excluding hydrogens is 496 g/mol. The number of hydrogen-bond acceptors (Lipinski definition) is 6. The predicted octanol–water partition coefficient (Wildman–Crippen LogP) is 4.89. The Hall–Kier alpha value is -3.53. The van der Waals surface area contributed by atoms with Crippen molar-refractivity contribution in [3.05, 3.63) is 71.3 Å². The molecular formula is C28H33F2N3O5. The molecule has 0 saturated carbocycles. The van der Waals surface area contributed by atoms with Crippen LogP contribution in [0.2, 0.25) is 0 Å². The molecule has 2 saturated heterocycles. The lowest BCUT2D eigenvalue weighted by molar-refractivity contribution is -0.164. The van der Waals surface area contributed by atoms with Crippen LogP contribution in [0.4, 0.5) is 18.4 Å². The maximum atomic E-state index is 13.9. The van der Waals surface area contributed by atoms with Crippen molar-refractivity contribution in [1.29, 1.82) is 0 Å². The minimum Gasteiger partial charge on any atom is -0.454 e. The third-order valence-corrected chi connectivity index (χ3v) is 7.17. The standard InChI is InChI=1S/C28H33F2N3O5/c1-19(34)37-28(21-8-5-4-6-9-21)12-16-32(17-13-28)15-7-14-31-25(35)33-24(27(2,3)38-26(33)36)20-10-11-22(29)23(30)18-20/h4-6,8-11,18,24H,7,12-17H2,1-3H3,(H,31,35). The number of imide groups is 1. The minimum absolute atomic E-state index is 0.262. The number of esters is 1. The summed E-state index contributed by atoms with van der Waals surface area (Å²) in [5.41, 5.74) is -0.522. The van der Waals surface area contributed by atoms with Crippen molar-refractivity contribution >= 4 is 18.1 Å². The first kappa shape index (κ1) is 27.5. The molecule has 8 nitrogen and oxygen atoms in total. The second-order valence-electron chi connectivity index (χ2n) is 10.3. The second-order valence-corrected chi connectivity index (χ2v) is 10.3. The van der Waals surface area contributed by atoms with Gasteiger partial charge in [0.2, 0.25) is 0 Å². The molecule has 1 N–H and O–H groups in total. The first-order valence-electron chi connectivity index (χ1n) is 12.7. The highest BCUT2D eigenvalue weighted by Crippen LogP contribution is 2.41. The maximum absolute atomic E-state index is 13.9. The van der Waals surface area contributed by atoms with Crippen molar-refractivity contribution < 1.29 is 32.6 Å². The lowest BCUT2D eigenvalue weighted by atomic mass is 9.84. The van der Waals surface area contributed by atoms with Gasteiger partial charge in [-0.05, 0) is 50.1 Å². The third kappa shape index (κ3) is 5.80. The zero-order valence-corrected chi connectivity index (χ0v) is 21.8. The Balaban J connectivity index is 1.31. The number of amides is 3. The Labute approximate surface area is 220 Å². The van der Waals surface area contributed by atoms with E-state index in [2.05, 4.69) is 10.2 Å². The van der Waals surface area contributed by atoms with E-state index in [4.69, 9.17) is 9.47 Å². The van der Waals surface area contributed by atoms with Crippen molar-refractivity contribution in [3.63, 3.8) is 0 Å². The highest BCUT2D eigenvalue weighted by molar-refractivity contribution is 5.93. The molecule has 2 fully saturated rings. The lowest BCUT2D eigenvalue weighted by Crippen LogP contribution is -2.46. The van der Waals surface area contributed by atoms with Crippen molar-refractivity contribution in [2.24, 2.45) is 0 Å². The molecule has 38 heavy (non-hydrogen) atoms. The normalized spacial score (nSPS) is 20.6. The first-order valence-corrected chi connectivity index (χ1v) is 12.7. The summed E-state index contributed by atoms with van der Waals surface area (Å²) in [7, 11) is 0. The van der Waals surface area contributed by atoms with E-state index in [1.807, 2.05) is 30.3 Å². The van der Waals surface area contributed by atoms with Gasteiger partial charge in [-0.1, -0.05) is 36.4 Å². The van der Waals surface area contributed by atoms with Gasteiger partial charge in [0.25, 0.3) is 0 Å². The molecule has 2 heterocycles. The van der Waals surface area contributed by atoms with Crippen molar-refractivity contribution in [2.75, 3.05) is 26.2 Å². The van der Waals surface area contributed by atoms with Gasteiger partial charge in [-0.15, -0.1) is 0 Å². The number of cyclic esters (lactones) is 1. The van der Waals surface area contributed by atoms with Crippen LogP contribution in [0, 0.1) is 11.6 Å². The van der Waals surface area contributed by atoms with Crippen LogP contribution in [-0.4, -0.2) is 59.7 Å². The predicted molar refractivity (Wildman–Crippen MR) is 135 cm³/mol. The summed E-state index contributed by atoms with van der Waals surface area (Å²) >= 11 is 0. The molecule has 2 aromatic rings. The molecule has 2 aliphatic rings. The van der Waals surface area contributed by atoms with Crippen LogP contribution in [-0.2, 0) is 19.9 Å². The molecule has 3 amide bonds. The van der Waals surface area contributed by atoms with Gasteiger partial charge in [0.1, 0.15) is 17.2 Å². The fourth-order valence-electron chi connectivity index (χ4n) is 5.37. The molecule has 2 aliphatic heterocycles. The average Bonchev–Trinajstić information content (AvgIpc) is 3.12. The van der Waals surface area contributed by atoms with Crippen molar-refractivity contribution in [2.45, 2.75) is 57.3 Å². The van der Waals surface area contributed by atoms with Gasteiger partial charge in [0.15, 0.2) is 11.6 Å². The summed E-state index contributed by atoms with van der Waals surface area (Å²) in [5, 5.41) is 2.75. The quantitative estimate of drug-likeness (QED) is 0.406. The van der Waals surface area contributed by atoms with Gasteiger partial charge >= 0.3 is 18.1 Å². The highest BCUT2D eigenvalue weighted by atomic mass is 19.2. The molecule has 2 aromatic carbocycles. The number of halogens is 2. The summed E-state index contributed by atoms with van der Waals surface area (Å²) < 4.78 is 38.5. The summed E-state index contributed by atoms with van der Waals surface area (Å²) in [5.74, 6) is -2.39. The molecule has 1 atom stereocenters. The number of nitrogens with one attached hydrogen (secondary N) is 1. The maximum Gasteiger partial charge on any atom is 0.419 e. The fraction of sp³-hybridized carbons (Fsp3) is 0.464. The second kappa shape index (κ2) is 11.1. The summed E-state index contributed by atoms with van der Waals surface area (Å²) in [4.78, 5) is 40.5. The summed E-state index contributed by atoms with van der Waals surface area (Å²) in [6, 6.07) is 11.5. The molecule has 0 aromatic heterocycles. The van der Waals surface area contributed by atoms with Crippen LogP contribution in [0.25, 0.3) is 0 Å². The fourth-order valence-corrected chi connectivity index (χ4v) is 5.37. The van der Waals surface area contributed by atoms with E-state index in [-0.39, 0.29) is 11.5 Å². The first-order chi connectivity index (χ1) is 18.0. The zero-order chi connectivity index (χ0) is 27.5. The van der Waals surface area contributed by atoms with Crippen LogP contribution in [0.15, 0.2) is 48.5 Å². The number of nitrogens with zero attached hydrogens (tertiary/aromatic N) is 2. The molecule has 204 valence electrons. The van der Waals surface area contributed by atoms with Crippen molar-refractivity contribution in [1.82, 2.24) is 15.1 Å². The van der Waals surface area contributed by atoms with Crippen LogP contribution in [0.3, 0.4) is 0 Å². The summed E-state index contributed by atoms with van der Waals surface area (Å²) in [6.45, 7) is 7.11. The van der Waals surface area contributed by atoms with Gasteiger partial charge < -0.3 is 19.7 Å². The van der Waals surface area contributed by atoms with Gasteiger partial charge in [0, 0.05) is 39.4 Å². The number of urea groups is 1. The highest BCUT2D eigenvalue weighted by Gasteiger charge is 2.51. The lowest BCUT2D eigenvalue weighted by Gasteiger charge is -2.41. The van der Waals surface area contributed by atoms with E-state index < -0.39 is 41.0 Å². The third-order valence-electron chi connectivity index (χ3n) is 7.17. The molecule has 10 heteroatoms. The molecule has 4 rings (SSSR count). The molecule has 1 unspecified atom stereocenters. The van der Waals surface area contributed by atoms with E-state index >= 15 is 0 Å². The van der Waals surface area contributed by atoms with Gasteiger partial charge in [-0.3, -0.25) is 4.79 Å². The number of carbonyl (C=O) groups is 3.